The van der Waals surface area contributed by atoms with Gasteiger partial charge >= 0.3 is 23.9 Å². The largest absolute Gasteiger partial charge is 0.511 e. The van der Waals surface area contributed by atoms with Crippen LogP contribution in [-0.4, -0.2) is 97.9 Å². The number of Topliss-reactive ketones (excluding diaryl/α,β-unsaturated/α-hetero) is 2. The Morgan fingerprint density at radius 3 is 0.993 bits per heavy atom. The van der Waals surface area contributed by atoms with E-state index in [1.807, 2.05) is 45.1 Å². The molecule has 0 saturated heterocycles. The fraction of sp³-hybridized carbons (Fsp3) is 0.791. The number of esters is 4. The number of carbonyl (C=O) groups excluding carboxylic acids is 11. The quantitative estimate of drug-likeness (QED) is 0.202. The van der Waals surface area contributed by atoms with Crippen LogP contribution in [0.25, 0.3) is 0 Å². The average molecular weight is 2020 g/mol. The van der Waals surface area contributed by atoms with Crippen LogP contribution in [-0.2, 0) is 71.7 Å². The van der Waals surface area contributed by atoms with Crippen LogP contribution in [0.1, 0.15) is 401 Å². The van der Waals surface area contributed by atoms with E-state index in [0.717, 1.165) is 191 Å². The molecule has 147 heavy (non-hydrogen) atoms. The summed E-state index contributed by atoms with van der Waals surface area (Å²) in [6.45, 7) is 68.9. The van der Waals surface area contributed by atoms with E-state index in [2.05, 4.69) is 212 Å². The molecule has 13 fully saturated rings. The van der Waals surface area contributed by atoms with Crippen LogP contribution in [0, 0.1) is 235 Å². The number of aliphatic hydroxyl groups excluding tert-OH is 1. The van der Waals surface area contributed by atoms with Gasteiger partial charge in [-0.2, -0.15) is 10.5 Å². The van der Waals surface area contributed by atoms with Gasteiger partial charge in [-0.05, 0) is 352 Å². The summed E-state index contributed by atoms with van der Waals surface area (Å²) in [5.74, 6) is 0.658. The predicted octanol–water partition coefficient (Wildman–Crippen LogP) is 27.5. The zero-order valence-electron chi connectivity index (χ0n) is 97.0. The molecule has 0 amide bonds. The van der Waals surface area contributed by atoms with Gasteiger partial charge < -0.3 is 24.1 Å². The number of ether oxygens (including phenoxy) is 4. The second-order valence-corrected chi connectivity index (χ2v) is 60.8. The minimum Gasteiger partial charge on any atom is -0.511 e. The standard InChI is InChI=1S/C33H47NO4.C33H45NO4.C32H48O4.C31H44O4/c2*1-19-20(18-34)26(36)29(4,5)23-10-11-30(6)24(32(19,23)8)16-22(35)25-21-17-28(2,3)12-14-33(21,27(37)38-9)15-13-31(25,30)7;1-19-16-24(34)28(4,5)22-10-11-29(6)23(31(19,22)8)17-21(33)25-20-18-27(2,3)12-14-32(20,26(35)36-9)15-13-30(25,29)7;1-26(2)13-15-31(25(34)35-8)16-14-30(7)24(19(31)18-26)20(32)17-22-28(5)11-10-23(33)27(3,4)21(28)9-12-29(22,30)6/h16,19,21,23,25,36H,10-15,17H2,1-9H3;16,21,23,25H,10-15,17H2,1-9H3;17,19-20,22,25H,10-16,18H2,1-9H3;10-11,17,19,21,24H,9,12-16,18H2,1-8H3/t19-,21-,23?,25-,30+,31+,32-,33-;21-,23?,25-,30+,31+,32-,33-;19-,20-,22?,25-,29+,30+,31-,32-;19-,21?,24-,28-,29+,30+,31-/m0000/s1. The first-order valence-corrected chi connectivity index (χ1v) is 57.2. The normalized spacial score (nSPS) is 47.1. The number of hydrogen-bond donors (Lipinski definition) is 1. The predicted molar refractivity (Wildman–Crippen MR) is 570 cm³/mol. The first-order chi connectivity index (χ1) is 67.6. The number of fused-ring (bicyclic) bond motifs is 28. The number of rotatable bonds is 4. The lowest BCUT2D eigenvalue weighted by Crippen LogP contribution is -2.67. The molecule has 13 saturated carbocycles. The minimum atomic E-state index is -0.678. The van der Waals surface area contributed by atoms with Gasteiger partial charge in [-0.15, -0.1) is 0 Å². The molecule has 20 rings (SSSR count). The van der Waals surface area contributed by atoms with Gasteiger partial charge in [0.1, 0.15) is 17.6 Å². The van der Waals surface area contributed by atoms with Crippen LogP contribution in [0.4, 0.5) is 0 Å². The Kier molecular flexibility index (Phi) is 25.8. The van der Waals surface area contributed by atoms with Crippen molar-refractivity contribution in [3.05, 3.63) is 81.2 Å². The van der Waals surface area contributed by atoms with Gasteiger partial charge in [0.25, 0.3) is 0 Å². The van der Waals surface area contributed by atoms with E-state index in [-0.39, 0.29) is 234 Å². The second-order valence-electron chi connectivity index (χ2n) is 60.8. The summed E-state index contributed by atoms with van der Waals surface area (Å²) < 4.78 is 21.7. The highest BCUT2D eigenvalue weighted by Crippen LogP contribution is 2.83. The summed E-state index contributed by atoms with van der Waals surface area (Å²) in [7, 11) is 6.00. The highest BCUT2D eigenvalue weighted by molar-refractivity contribution is 6.06. The zero-order valence-corrected chi connectivity index (χ0v) is 97.0. The van der Waals surface area contributed by atoms with Crippen molar-refractivity contribution in [2.24, 2.45) is 213 Å². The molecule has 20 aliphatic rings. The number of allylic oxidation sites excluding steroid dienone is 14. The summed E-state index contributed by atoms with van der Waals surface area (Å²) in [4.78, 5) is 151. The number of methoxy groups -OCH3 is 4. The maximum absolute atomic E-state index is 14.5. The van der Waals surface area contributed by atoms with E-state index in [9.17, 15) is 68.4 Å². The third-order valence-corrected chi connectivity index (χ3v) is 52.0. The van der Waals surface area contributed by atoms with Gasteiger partial charge in [0.15, 0.2) is 34.7 Å². The Hall–Kier alpha value is -7.47. The summed E-state index contributed by atoms with van der Waals surface area (Å²) in [5.41, 5.74) is -0.885. The summed E-state index contributed by atoms with van der Waals surface area (Å²) >= 11 is 0. The van der Waals surface area contributed by atoms with Gasteiger partial charge in [0.05, 0.1) is 67.3 Å². The van der Waals surface area contributed by atoms with Crippen LogP contribution >= 0.6 is 0 Å². The third kappa shape index (κ3) is 14.3. The van der Waals surface area contributed by atoms with Crippen molar-refractivity contribution in [2.45, 2.75) is 401 Å². The average Bonchev–Trinajstić information content (AvgIpc) is 0.658. The summed E-state index contributed by atoms with van der Waals surface area (Å²) in [6, 6.07) is 4.58. The number of carbonyl (C=O) groups is 11. The lowest BCUT2D eigenvalue weighted by molar-refractivity contribution is -0.195. The smallest absolute Gasteiger partial charge is 0.312 e. The van der Waals surface area contributed by atoms with Crippen molar-refractivity contribution in [1.82, 2.24) is 0 Å². The molecule has 0 heterocycles. The molecular weight excluding hydrogens is 1830 g/mol. The van der Waals surface area contributed by atoms with Gasteiger partial charge in [0, 0.05) is 73.9 Å². The topological polar surface area (TPSA) is 292 Å². The Morgan fingerprint density at radius 1 is 0.354 bits per heavy atom. The van der Waals surface area contributed by atoms with E-state index in [1.165, 1.54) is 45.2 Å². The lowest BCUT2D eigenvalue weighted by atomic mass is 9.33. The maximum Gasteiger partial charge on any atom is 0.312 e. The molecule has 0 aromatic heterocycles. The molecule has 0 bridgehead atoms. The molecule has 4 unspecified atom stereocenters. The fourth-order valence-corrected chi connectivity index (χ4v) is 41.8. The summed E-state index contributed by atoms with van der Waals surface area (Å²) in [5, 5.41) is 31.3. The molecule has 0 spiro atoms. The molecule has 18 nitrogen and oxygen atoms in total. The SMILES string of the molecule is COC(=O)[C@]12CCC(C)(C)C[C@H]1[C@H]1C(=O)C=C3[C@@]4(C)C(C)=C(C#N)C(=O)C(C)(C)C4CC[C@@]3(C)[C@]1(C)CC2.COC(=O)[C@]12CCC(C)(C)C[C@H]1[C@H]1C(=O)C=C3[C@@]4(C)C=CC(=O)C(C)(C)C4CC[C@@]3(C)[C@]1(C)CC2.COC(=O)[C@]12CCC(C)(C)C[C@H]1[C@H]1C(=O)C=C3[C@]4(C)C(CC[C@@]3(C)[C@]1(C)CC2)C(C)(C)C(=O)C[C@@H]4C.COC(=O)[C@]12CCC(C)(C)C[C@H]1[C@H]1C(=O)C=C3[C@]4(C)C(CC[C@@]3(C)[C@]1(C)CC2)C(C)(C)C(O)=C(C#N)[C@@H]4C. The first-order valence-electron chi connectivity index (χ1n) is 57.2. The van der Waals surface area contributed by atoms with Gasteiger partial charge in [-0.25, -0.2) is 0 Å². The molecule has 0 radical (unpaired) electrons. The van der Waals surface area contributed by atoms with Crippen LogP contribution in [0.5, 0.6) is 0 Å². The Balaban J connectivity index is 0.000000134. The van der Waals surface area contributed by atoms with Gasteiger partial charge in [0.2, 0.25) is 0 Å². The Labute approximate surface area is 881 Å². The monoisotopic (exact) mass is 2020 g/mol. The highest BCUT2D eigenvalue weighted by atomic mass is 16.5. The lowest BCUT2D eigenvalue weighted by Gasteiger charge is -2.70. The Bertz CT molecular complexity index is 5980. The number of aliphatic hydroxyl groups is 1. The van der Waals surface area contributed by atoms with E-state index in [0.29, 0.717) is 17.8 Å². The third-order valence-electron chi connectivity index (χ3n) is 52.0. The van der Waals surface area contributed by atoms with Crippen molar-refractivity contribution < 1.29 is 76.8 Å². The zero-order chi connectivity index (χ0) is 109. The highest BCUT2D eigenvalue weighted by Gasteiger charge is 2.79. The van der Waals surface area contributed by atoms with E-state index in [1.54, 1.807) is 6.08 Å². The molecule has 18 heteroatoms. The van der Waals surface area contributed by atoms with Crippen molar-refractivity contribution in [3.63, 3.8) is 0 Å². The Morgan fingerprint density at radius 2 is 0.653 bits per heavy atom. The molecule has 0 aliphatic heterocycles. The molecule has 0 aromatic carbocycles. The minimum absolute atomic E-state index is 0.00465. The fourth-order valence-electron chi connectivity index (χ4n) is 41.8. The molecule has 30 atom stereocenters. The van der Waals surface area contributed by atoms with Gasteiger partial charge in [-0.3, -0.25) is 52.7 Å². The van der Waals surface area contributed by atoms with Crippen molar-refractivity contribution in [2.75, 3.05) is 28.4 Å². The second kappa shape index (κ2) is 34.3. The molecule has 20 aliphatic carbocycles. The summed E-state index contributed by atoms with van der Waals surface area (Å²) in [6.07, 6.45) is 37.0. The maximum atomic E-state index is 14.5. The van der Waals surface area contributed by atoms with Crippen LogP contribution in [0.2, 0.25) is 0 Å². The number of hydrogen-bond acceptors (Lipinski definition) is 18. The molecule has 1 N–H and O–H groups in total. The van der Waals surface area contributed by atoms with Crippen LogP contribution in [0.15, 0.2) is 81.2 Å². The molecular formula is C129H184N2O16. The number of nitrogens with zero attached hydrogens (tertiary/aromatic N) is 2. The van der Waals surface area contributed by atoms with Crippen molar-refractivity contribution in [3.8, 4) is 12.1 Å². The van der Waals surface area contributed by atoms with Crippen molar-refractivity contribution in [1.29, 1.82) is 10.5 Å². The van der Waals surface area contributed by atoms with Crippen LogP contribution < -0.4 is 0 Å². The molecule has 806 valence electrons. The van der Waals surface area contributed by atoms with Crippen LogP contribution in [0.3, 0.4) is 0 Å². The van der Waals surface area contributed by atoms with Crippen molar-refractivity contribution >= 4 is 64.4 Å². The van der Waals surface area contributed by atoms with E-state index >= 15 is 0 Å². The first kappa shape index (κ1) is 111. The van der Waals surface area contributed by atoms with E-state index < -0.39 is 48.7 Å². The number of ketones is 7. The van der Waals surface area contributed by atoms with E-state index in [4.69, 9.17) is 18.9 Å². The van der Waals surface area contributed by atoms with Gasteiger partial charge in [-0.1, -0.05) is 231 Å². The number of nitriles is 2. The molecule has 0 aromatic rings.